The van der Waals surface area contributed by atoms with Crippen LogP contribution in [0.3, 0.4) is 0 Å². The van der Waals surface area contributed by atoms with Crippen molar-refractivity contribution in [3.05, 3.63) is 204 Å². The third kappa shape index (κ3) is 5.77. The second kappa shape index (κ2) is 13.9. The first-order chi connectivity index (χ1) is 28.0. The van der Waals surface area contributed by atoms with E-state index in [4.69, 9.17) is 15.0 Å². The Bertz CT molecular complexity index is 2690. The summed E-state index contributed by atoms with van der Waals surface area (Å²) in [7, 11) is 1.90. The molecule has 2 heterocycles. The summed E-state index contributed by atoms with van der Waals surface area (Å²) in [6.07, 6.45) is 1.40. The van der Waals surface area contributed by atoms with E-state index >= 15 is 0 Å². The highest BCUT2D eigenvalue weighted by Gasteiger charge is 2.46. The quantitative estimate of drug-likeness (QED) is 0.171. The van der Waals surface area contributed by atoms with Crippen LogP contribution >= 0.6 is 0 Å². The largest absolute Gasteiger partial charge is 0.315 e. The van der Waals surface area contributed by atoms with Gasteiger partial charge in [0.15, 0.2) is 17.5 Å². The Morgan fingerprint density at radius 1 is 0.509 bits per heavy atom. The second-order valence-corrected chi connectivity index (χ2v) is 15.2. The first-order valence-electron chi connectivity index (χ1n) is 19.7. The van der Waals surface area contributed by atoms with Crippen LogP contribution in [0.1, 0.15) is 53.5 Å². The zero-order valence-corrected chi connectivity index (χ0v) is 31.9. The number of anilines is 1. The average Bonchev–Trinajstić information content (AvgIpc) is 3.52. The van der Waals surface area contributed by atoms with Gasteiger partial charge >= 0.3 is 0 Å². The van der Waals surface area contributed by atoms with E-state index in [0.717, 1.165) is 39.9 Å². The molecule has 57 heavy (non-hydrogen) atoms. The number of aromatic nitrogens is 3. The molecule has 10 rings (SSSR count). The Kier molecular flexibility index (Phi) is 8.44. The number of rotatable bonds is 6. The van der Waals surface area contributed by atoms with Crippen molar-refractivity contribution in [2.75, 3.05) is 11.9 Å². The number of nitrogens with zero attached hydrogens (tertiary/aromatic N) is 4. The molecule has 1 aliphatic heterocycles. The standard InChI is InChI=1S/C52H40N4O/c1-34-23-30-48(57)56(2)47-29-26-37(31-44(34)47)38-24-27-42-43-28-25-39(51-54-49(35-15-7-3-8-16-35)53-50(55-51)36-17-9-4-10-18-36)33-46(43)52(45(42)32-38,40-19-11-5-12-20-40)41-21-13-6-14-22-41/h3-22,24-29,31-34H,23,30H2,1-2H3. The molecule has 0 radical (unpaired) electrons. The van der Waals surface area contributed by atoms with Gasteiger partial charge in [0, 0.05) is 35.8 Å². The highest BCUT2D eigenvalue weighted by molar-refractivity contribution is 5.95. The minimum atomic E-state index is -0.637. The zero-order chi connectivity index (χ0) is 38.5. The molecule has 5 nitrogen and oxygen atoms in total. The normalized spacial score (nSPS) is 15.4. The molecular weight excluding hydrogens is 697 g/mol. The van der Waals surface area contributed by atoms with E-state index in [1.165, 1.54) is 38.9 Å². The van der Waals surface area contributed by atoms with Gasteiger partial charge in [-0.1, -0.05) is 159 Å². The van der Waals surface area contributed by atoms with E-state index < -0.39 is 5.41 Å². The second-order valence-electron chi connectivity index (χ2n) is 15.2. The third-order valence-corrected chi connectivity index (χ3v) is 11.9. The molecule has 8 aromatic rings. The van der Waals surface area contributed by atoms with Crippen molar-refractivity contribution in [3.63, 3.8) is 0 Å². The lowest BCUT2D eigenvalue weighted by molar-refractivity contribution is -0.118. The molecule has 0 fully saturated rings. The van der Waals surface area contributed by atoms with Crippen LogP contribution in [-0.4, -0.2) is 27.9 Å². The van der Waals surface area contributed by atoms with Crippen LogP contribution in [0.2, 0.25) is 0 Å². The van der Waals surface area contributed by atoms with Crippen molar-refractivity contribution < 1.29 is 4.79 Å². The van der Waals surface area contributed by atoms with Crippen LogP contribution in [0.5, 0.6) is 0 Å². The van der Waals surface area contributed by atoms with E-state index in [9.17, 15) is 4.79 Å². The highest BCUT2D eigenvalue weighted by Crippen LogP contribution is 2.57. The van der Waals surface area contributed by atoms with Gasteiger partial charge in [-0.15, -0.1) is 0 Å². The molecule has 1 aliphatic carbocycles. The van der Waals surface area contributed by atoms with E-state index in [2.05, 4.69) is 122 Å². The molecule has 1 atom stereocenters. The van der Waals surface area contributed by atoms with Crippen LogP contribution in [0.4, 0.5) is 5.69 Å². The zero-order valence-electron chi connectivity index (χ0n) is 31.9. The Balaban J connectivity index is 1.20. The van der Waals surface area contributed by atoms with Crippen LogP contribution in [0.25, 0.3) is 56.4 Å². The SMILES string of the molecule is CC1CCC(=O)N(C)c2ccc(-c3ccc4c(c3)C(c3ccccc3)(c3ccccc3)c3cc(-c5nc(-c6ccccc6)nc(-c6ccccc6)n5)ccc3-4)cc21. The summed E-state index contributed by atoms with van der Waals surface area (Å²) in [4.78, 5) is 29.9. The summed E-state index contributed by atoms with van der Waals surface area (Å²) in [5.74, 6) is 2.34. The van der Waals surface area contributed by atoms with Crippen molar-refractivity contribution >= 4 is 11.6 Å². The van der Waals surface area contributed by atoms with E-state index in [0.29, 0.717) is 23.9 Å². The lowest BCUT2D eigenvalue weighted by atomic mass is 9.67. The van der Waals surface area contributed by atoms with Gasteiger partial charge in [0.1, 0.15) is 0 Å². The first kappa shape index (κ1) is 34.5. The van der Waals surface area contributed by atoms with Crippen molar-refractivity contribution in [1.82, 2.24) is 15.0 Å². The van der Waals surface area contributed by atoms with Gasteiger partial charge in [-0.2, -0.15) is 0 Å². The average molecular weight is 737 g/mol. The van der Waals surface area contributed by atoms with E-state index in [1.807, 2.05) is 72.6 Å². The summed E-state index contributed by atoms with van der Waals surface area (Å²) in [5, 5.41) is 0. The van der Waals surface area contributed by atoms with Crippen molar-refractivity contribution in [2.45, 2.75) is 31.1 Å². The summed E-state index contributed by atoms with van der Waals surface area (Å²) in [6, 6.07) is 62.3. The Labute approximate surface area is 333 Å². The van der Waals surface area contributed by atoms with Crippen LogP contribution in [-0.2, 0) is 10.2 Å². The lowest BCUT2D eigenvalue weighted by Gasteiger charge is -2.34. The van der Waals surface area contributed by atoms with Gasteiger partial charge in [-0.05, 0) is 86.7 Å². The number of fused-ring (bicyclic) bond motifs is 4. The number of carbonyl (C=O) groups excluding carboxylic acids is 1. The number of carbonyl (C=O) groups is 1. The Morgan fingerprint density at radius 2 is 0.947 bits per heavy atom. The monoisotopic (exact) mass is 736 g/mol. The molecule has 7 aromatic carbocycles. The maximum Gasteiger partial charge on any atom is 0.226 e. The van der Waals surface area contributed by atoms with E-state index in [-0.39, 0.29) is 11.8 Å². The van der Waals surface area contributed by atoms with Gasteiger partial charge < -0.3 is 4.90 Å². The third-order valence-electron chi connectivity index (χ3n) is 11.9. The molecule has 5 heteroatoms. The predicted molar refractivity (Wildman–Crippen MR) is 230 cm³/mol. The summed E-state index contributed by atoms with van der Waals surface area (Å²) in [6.45, 7) is 2.24. The summed E-state index contributed by atoms with van der Waals surface area (Å²) in [5.41, 5.74) is 13.8. The van der Waals surface area contributed by atoms with Crippen LogP contribution in [0, 0.1) is 0 Å². The summed E-state index contributed by atoms with van der Waals surface area (Å²) >= 11 is 0. The smallest absolute Gasteiger partial charge is 0.226 e. The van der Waals surface area contributed by atoms with Gasteiger partial charge in [0.25, 0.3) is 0 Å². The van der Waals surface area contributed by atoms with Crippen molar-refractivity contribution in [3.8, 4) is 56.4 Å². The van der Waals surface area contributed by atoms with Crippen LogP contribution < -0.4 is 4.90 Å². The van der Waals surface area contributed by atoms with Crippen LogP contribution in [0.15, 0.2) is 176 Å². The fourth-order valence-corrected chi connectivity index (χ4v) is 8.98. The Hall–Kier alpha value is -6.98. The molecular formula is C52H40N4O. The van der Waals surface area contributed by atoms with Gasteiger partial charge in [0.05, 0.1) is 5.41 Å². The maximum absolute atomic E-state index is 12.8. The number of hydrogen-bond donors (Lipinski definition) is 0. The lowest BCUT2D eigenvalue weighted by Crippen LogP contribution is -2.28. The molecule has 0 saturated carbocycles. The van der Waals surface area contributed by atoms with Gasteiger partial charge in [-0.3, -0.25) is 4.79 Å². The molecule has 2 aliphatic rings. The first-order valence-corrected chi connectivity index (χ1v) is 19.7. The molecule has 0 spiro atoms. The minimum Gasteiger partial charge on any atom is -0.315 e. The van der Waals surface area contributed by atoms with Crippen molar-refractivity contribution in [1.29, 1.82) is 0 Å². The fourth-order valence-electron chi connectivity index (χ4n) is 8.98. The molecule has 0 bridgehead atoms. The number of amides is 1. The molecule has 0 saturated heterocycles. The van der Waals surface area contributed by atoms with Crippen molar-refractivity contribution in [2.24, 2.45) is 0 Å². The Morgan fingerprint density at radius 3 is 1.49 bits per heavy atom. The molecule has 1 aromatic heterocycles. The molecule has 274 valence electrons. The van der Waals surface area contributed by atoms with E-state index in [1.54, 1.807) is 0 Å². The fraction of sp³-hybridized carbons (Fsp3) is 0.115. The predicted octanol–water partition coefficient (Wildman–Crippen LogP) is 11.8. The highest BCUT2D eigenvalue weighted by atomic mass is 16.2. The molecule has 1 amide bonds. The summed E-state index contributed by atoms with van der Waals surface area (Å²) < 4.78 is 0. The molecule has 1 unspecified atom stereocenters. The molecule has 0 N–H and O–H groups in total. The van der Waals surface area contributed by atoms with Gasteiger partial charge in [-0.25, -0.2) is 15.0 Å². The minimum absolute atomic E-state index is 0.170. The number of benzene rings is 7. The van der Waals surface area contributed by atoms with Gasteiger partial charge in [0.2, 0.25) is 5.91 Å². The topological polar surface area (TPSA) is 59.0 Å². The number of hydrogen-bond acceptors (Lipinski definition) is 4. The maximum atomic E-state index is 12.8.